The summed E-state index contributed by atoms with van der Waals surface area (Å²) in [6, 6.07) is 9.87. The zero-order valence-corrected chi connectivity index (χ0v) is 12.5. The minimum Gasteiger partial charge on any atom is -0.349 e. The van der Waals surface area contributed by atoms with Crippen LogP contribution in [0.3, 0.4) is 0 Å². The van der Waals surface area contributed by atoms with E-state index in [-0.39, 0.29) is 35.5 Å². The molecule has 1 amide bonds. The molecule has 0 saturated heterocycles. The molecule has 1 aromatic rings. The number of nitrogens with one attached hydrogen (secondary N) is 1. The molecular formula is C19H19NO2. The van der Waals surface area contributed by atoms with Gasteiger partial charge in [-0.1, -0.05) is 48.6 Å². The van der Waals surface area contributed by atoms with E-state index in [0.717, 1.165) is 12.0 Å². The van der Waals surface area contributed by atoms with E-state index in [4.69, 9.17) is 0 Å². The average Bonchev–Trinajstić information content (AvgIpc) is 3.21. The molecule has 1 aromatic carbocycles. The second-order valence-electron chi connectivity index (χ2n) is 6.64. The van der Waals surface area contributed by atoms with Gasteiger partial charge in [-0.15, -0.1) is 0 Å². The topological polar surface area (TPSA) is 46.2 Å². The summed E-state index contributed by atoms with van der Waals surface area (Å²) in [6.07, 6.45) is 8.64. The van der Waals surface area contributed by atoms with Crippen molar-refractivity contribution in [2.45, 2.75) is 19.4 Å². The van der Waals surface area contributed by atoms with Gasteiger partial charge in [-0.25, -0.2) is 0 Å². The van der Waals surface area contributed by atoms with E-state index in [1.54, 1.807) is 6.08 Å². The van der Waals surface area contributed by atoms with Gasteiger partial charge < -0.3 is 5.32 Å². The van der Waals surface area contributed by atoms with Crippen LogP contribution in [0.2, 0.25) is 0 Å². The Morgan fingerprint density at radius 1 is 1.27 bits per heavy atom. The molecule has 1 N–H and O–H groups in total. The predicted octanol–water partition coefficient (Wildman–Crippen LogP) is 2.81. The molecule has 0 unspecified atom stereocenters. The normalized spacial score (nSPS) is 35.7. The van der Waals surface area contributed by atoms with Gasteiger partial charge in [-0.3, -0.25) is 9.59 Å². The number of carbonyl (C=O) groups excluding carboxylic acids is 2. The lowest BCUT2D eigenvalue weighted by Gasteiger charge is -2.34. The van der Waals surface area contributed by atoms with Crippen molar-refractivity contribution in [3.63, 3.8) is 0 Å². The number of rotatable bonds is 3. The second kappa shape index (κ2) is 4.67. The van der Waals surface area contributed by atoms with Gasteiger partial charge in [0.05, 0.1) is 11.5 Å². The molecule has 3 heteroatoms. The van der Waals surface area contributed by atoms with Crippen LogP contribution < -0.4 is 5.32 Å². The molecule has 0 aliphatic heterocycles. The fraction of sp³-hybridized carbons (Fsp3) is 0.368. The summed E-state index contributed by atoms with van der Waals surface area (Å²) < 4.78 is 0. The Labute approximate surface area is 130 Å². The van der Waals surface area contributed by atoms with E-state index in [9.17, 15) is 9.59 Å². The van der Waals surface area contributed by atoms with Crippen LogP contribution in [0.5, 0.6) is 0 Å². The lowest BCUT2D eigenvalue weighted by atomic mass is 9.69. The number of hydrogen-bond donors (Lipinski definition) is 1. The molecule has 3 nitrogen and oxygen atoms in total. The van der Waals surface area contributed by atoms with Crippen LogP contribution in [0.25, 0.3) is 0 Å². The van der Waals surface area contributed by atoms with E-state index in [0.29, 0.717) is 0 Å². The summed E-state index contributed by atoms with van der Waals surface area (Å²) in [5, 5.41) is 3.13. The van der Waals surface area contributed by atoms with Crippen LogP contribution in [0, 0.1) is 23.2 Å². The Bertz CT molecular complexity index is 691. The van der Waals surface area contributed by atoms with Crippen LogP contribution in [-0.2, 0) is 9.59 Å². The van der Waals surface area contributed by atoms with Crippen LogP contribution in [0.1, 0.15) is 24.9 Å². The van der Waals surface area contributed by atoms with Crippen molar-refractivity contribution in [3.05, 3.63) is 60.2 Å². The molecule has 3 aliphatic rings. The van der Waals surface area contributed by atoms with E-state index < -0.39 is 5.41 Å². The minimum absolute atomic E-state index is 0.00666. The zero-order chi connectivity index (χ0) is 15.3. The Hall–Kier alpha value is -2.16. The third-order valence-corrected chi connectivity index (χ3v) is 5.54. The fourth-order valence-electron chi connectivity index (χ4n) is 4.44. The van der Waals surface area contributed by atoms with Crippen molar-refractivity contribution in [2.24, 2.45) is 23.2 Å². The molecule has 0 spiro atoms. The van der Waals surface area contributed by atoms with Crippen molar-refractivity contribution in [2.75, 3.05) is 0 Å². The molecule has 3 aliphatic carbocycles. The SMILES string of the molecule is C[C@H](NC(=O)[C@@]12C=CC(=O)[C@@H]1[C@H]1C=C[C@H]2C1)c1ccccc1. The van der Waals surface area contributed by atoms with Crippen LogP contribution in [0.15, 0.2) is 54.6 Å². The molecule has 22 heavy (non-hydrogen) atoms. The van der Waals surface area contributed by atoms with Crippen molar-refractivity contribution < 1.29 is 9.59 Å². The third kappa shape index (κ3) is 1.68. The first-order valence-corrected chi connectivity index (χ1v) is 7.90. The van der Waals surface area contributed by atoms with E-state index in [1.807, 2.05) is 43.3 Å². The monoisotopic (exact) mass is 293 g/mol. The third-order valence-electron chi connectivity index (χ3n) is 5.54. The average molecular weight is 293 g/mol. The maximum absolute atomic E-state index is 13.0. The van der Waals surface area contributed by atoms with Gasteiger partial charge in [0.25, 0.3) is 0 Å². The number of ketones is 1. The largest absolute Gasteiger partial charge is 0.349 e. The van der Waals surface area contributed by atoms with Crippen molar-refractivity contribution >= 4 is 11.7 Å². The Kier molecular flexibility index (Phi) is 2.86. The maximum atomic E-state index is 13.0. The highest BCUT2D eigenvalue weighted by Crippen LogP contribution is 2.60. The lowest BCUT2D eigenvalue weighted by Crippen LogP contribution is -2.47. The summed E-state index contributed by atoms with van der Waals surface area (Å²) in [7, 11) is 0. The van der Waals surface area contributed by atoms with Gasteiger partial charge in [-0.05, 0) is 36.8 Å². The standard InChI is InChI=1S/C19H19NO2/c1-12(13-5-3-2-4-6-13)20-18(22)19-10-9-16(21)17(19)14-7-8-15(19)11-14/h2-10,12,14-15,17H,11H2,1H3,(H,20,22)/t12-,14-,15-,17-,19+/m0/s1. The Morgan fingerprint density at radius 3 is 2.82 bits per heavy atom. The van der Waals surface area contributed by atoms with Gasteiger partial charge in [0.15, 0.2) is 5.78 Å². The second-order valence-corrected chi connectivity index (χ2v) is 6.64. The predicted molar refractivity (Wildman–Crippen MR) is 83.8 cm³/mol. The minimum atomic E-state index is -0.653. The molecule has 4 rings (SSSR count). The zero-order valence-electron chi connectivity index (χ0n) is 12.5. The maximum Gasteiger partial charge on any atom is 0.231 e. The first-order valence-electron chi connectivity index (χ1n) is 7.90. The molecule has 2 bridgehead atoms. The highest BCUT2D eigenvalue weighted by atomic mass is 16.2. The quantitative estimate of drug-likeness (QED) is 0.871. The molecule has 0 radical (unpaired) electrons. The first-order chi connectivity index (χ1) is 10.6. The molecular weight excluding hydrogens is 274 g/mol. The smallest absolute Gasteiger partial charge is 0.231 e. The highest BCUT2D eigenvalue weighted by Gasteiger charge is 2.63. The summed E-state index contributed by atoms with van der Waals surface area (Å²) in [6.45, 7) is 1.99. The number of carbonyl (C=O) groups is 2. The molecule has 0 aromatic heterocycles. The first kappa shape index (κ1) is 13.5. The summed E-state index contributed by atoms with van der Waals surface area (Å²) in [4.78, 5) is 25.2. The number of allylic oxidation sites excluding steroid dienone is 3. The summed E-state index contributed by atoms with van der Waals surface area (Å²) in [5.41, 5.74) is 0.426. The van der Waals surface area contributed by atoms with E-state index in [1.165, 1.54) is 0 Å². The Morgan fingerprint density at radius 2 is 2.05 bits per heavy atom. The van der Waals surface area contributed by atoms with E-state index in [2.05, 4.69) is 17.5 Å². The Balaban J connectivity index is 1.61. The number of hydrogen-bond acceptors (Lipinski definition) is 2. The van der Waals surface area contributed by atoms with Crippen LogP contribution >= 0.6 is 0 Å². The fourth-order valence-corrected chi connectivity index (χ4v) is 4.44. The highest BCUT2D eigenvalue weighted by molar-refractivity contribution is 6.04. The van der Waals surface area contributed by atoms with Crippen molar-refractivity contribution in [1.29, 1.82) is 0 Å². The van der Waals surface area contributed by atoms with Gasteiger partial charge in [-0.2, -0.15) is 0 Å². The van der Waals surface area contributed by atoms with Gasteiger partial charge in [0, 0.05) is 5.92 Å². The molecule has 0 heterocycles. The molecule has 112 valence electrons. The van der Waals surface area contributed by atoms with Gasteiger partial charge in [0.2, 0.25) is 5.91 Å². The van der Waals surface area contributed by atoms with Gasteiger partial charge >= 0.3 is 0 Å². The van der Waals surface area contributed by atoms with Crippen LogP contribution in [0.4, 0.5) is 0 Å². The molecule has 5 atom stereocenters. The summed E-state index contributed by atoms with van der Waals surface area (Å²) >= 11 is 0. The summed E-state index contributed by atoms with van der Waals surface area (Å²) in [5.74, 6) is 0.302. The lowest BCUT2D eigenvalue weighted by molar-refractivity contribution is -0.136. The number of benzene rings is 1. The van der Waals surface area contributed by atoms with Crippen molar-refractivity contribution in [1.82, 2.24) is 5.32 Å². The van der Waals surface area contributed by atoms with Gasteiger partial charge in [0.1, 0.15) is 0 Å². The molecule has 1 fully saturated rings. The molecule has 1 saturated carbocycles. The number of amides is 1. The van der Waals surface area contributed by atoms with Crippen molar-refractivity contribution in [3.8, 4) is 0 Å². The number of fused-ring (bicyclic) bond motifs is 5. The van der Waals surface area contributed by atoms with Crippen LogP contribution in [-0.4, -0.2) is 11.7 Å². The van der Waals surface area contributed by atoms with E-state index >= 15 is 0 Å².